The monoisotopic (exact) mass is 319 g/mol. The molecule has 1 heterocycles. The Balaban J connectivity index is 2.14. The third-order valence-electron chi connectivity index (χ3n) is 4.63. The minimum Gasteiger partial charge on any atom is -0.480 e. The number of hydrogen-bond acceptors (Lipinski definition) is 4. The molecular weight excluding hydrogens is 290 g/mol. The number of nitrogens with zero attached hydrogens (tertiary/aromatic N) is 3. The van der Waals surface area contributed by atoms with E-state index in [1.54, 1.807) is 0 Å². The van der Waals surface area contributed by atoms with Crippen LogP contribution in [0.25, 0.3) is 0 Å². The van der Waals surface area contributed by atoms with Crippen LogP contribution in [0.1, 0.15) is 31.9 Å². The Morgan fingerprint density at radius 1 is 1.30 bits per heavy atom. The lowest BCUT2D eigenvalue weighted by Gasteiger charge is -2.42. The summed E-state index contributed by atoms with van der Waals surface area (Å²) in [6.45, 7) is 8.00. The topological polar surface area (TPSA) is 47.0 Å². The minimum atomic E-state index is -0.765. The van der Waals surface area contributed by atoms with Crippen molar-refractivity contribution < 1.29 is 9.90 Å². The van der Waals surface area contributed by atoms with Crippen molar-refractivity contribution in [3.8, 4) is 0 Å². The van der Waals surface area contributed by atoms with Crippen molar-refractivity contribution >= 4 is 11.7 Å². The molecule has 0 aliphatic carbocycles. The van der Waals surface area contributed by atoms with E-state index < -0.39 is 12.0 Å². The number of carbonyl (C=O) groups is 1. The van der Waals surface area contributed by atoms with Crippen molar-refractivity contribution in [3.63, 3.8) is 0 Å². The fourth-order valence-electron chi connectivity index (χ4n) is 3.34. The maximum absolute atomic E-state index is 11.9. The Morgan fingerprint density at radius 3 is 2.43 bits per heavy atom. The van der Waals surface area contributed by atoms with Crippen molar-refractivity contribution in [1.82, 2.24) is 9.80 Å². The number of piperazine rings is 1. The molecule has 23 heavy (non-hydrogen) atoms. The molecule has 1 aromatic carbocycles. The van der Waals surface area contributed by atoms with Crippen LogP contribution < -0.4 is 4.90 Å². The summed E-state index contributed by atoms with van der Waals surface area (Å²) in [6.07, 6.45) is 1.14. The molecule has 0 bridgehead atoms. The quantitative estimate of drug-likeness (QED) is 0.872. The lowest BCUT2D eigenvalue weighted by Crippen LogP contribution is -2.53. The standard InChI is InChI=1S/C18H29N3O2/c1-5-10-20-11-12-21(13-14(20)2)17(18(22)23)15-6-8-16(9-7-15)19(3)4/h6-9,14,17H,5,10-13H2,1-4H3,(H,22,23). The van der Waals surface area contributed by atoms with Crippen molar-refractivity contribution in [2.45, 2.75) is 32.4 Å². The number of carboxylic acid groups (broad SMARTS) is 1. The molecule has 5 nitrogen and oxygen atoms in total. The van der Waals surface area contributed by atoms with Gasteiger partial charge in [0.1, 0.15) is 6.04 Å². The van der Waals surface area contributed by atoms with Gasteiger partial charge in [-0.1, -0.05) is 19.1 Å². The molecule has 0 spiro atoms. The van der Waals surface area contributed by atoms with Gasteiger partial charge in [-0.05, 0) is 37.6 Å². The van der Waals surface area contributed by atoms with Gasteiger partial charge >= 0.3 is 5.97 Å². The van der Waals surface area contributed by atoms with Crippen molar-refractivity contribution in [1.29, 1.82) is 0 Å². The van der Waals surface area contributed by atoms with E-state index in [0.29, 0.717) is 6.04 Å². The zero-order valence-electron chi connectivity index (χ0n) is 14.7. The summed E-state index contributed by atoms with van der Waals surface area (Å²) < 4.78 is 0. The lowest BCUT2D eigenvalue weighted by atomic mass is 10.0. The first-order valence-electron chi connectivity index (χ1n) is 8.42. The van der Waals surface area contributed by atoms with Crippen LogP contribution in [0, 0.1) is 0 Å². The lowest BCUT2D eigenvalue weighted by molar-refractivity contribution is -0.144. The van der Waals surface area contributed by atoms with E-state index in [-0.39, 0.29) is 0 Å². The van der Waals surface area contributed by atoms with Crippen LogP contribution in [0.2, 0.25) is 0 Å². The fourth-order valence-corrected chi connectivity index (χ4v) is 3.34. The smallest absolute Gasteiger partial charge is 0.325 e. The first-order chi connectivity index (χ1) is 10.9. The third-order valence-corrected chi connectivity index (χ3v) is 4.63. The molecule has 0 radical (unpaired) electrons. The average molecular weight is 319 g/mol. The molecule has 2 unspecified atom stereocenters. The van der Waals surface area contributed by atoms with Crippen LogP contribution in [0.3, 0.4) is 0 Å². The Kier molecular flexibility index (Phi) is 6.02. The molecule has 0 amide bonds. The van der Waals surface area contributed by atoms with E-state index in [0.717, 1.165) is 43.9 Å². The molecule has 1 aliphatic heterocycles. The summed E-state index contributed by atoms with van der Waals surface area (Å²) in [7, 11) is 3.97. The fraction of sp³-hybridized carbons (Fsp3) is 0.611. The second-order valence-corrected chi connectivity index (χ2v) is 6.61. The number of hydrogen-bond donors (Lipinski definition) is 1. The van der Waals surface area contributed by atoms with Gasteiger partial charge in [0, 0.05) is 45.5 Å². The SMILES string of the molecule is CCCN1CCN(C(C(=O)O)c2ccc(N(C)C)cc2)CC1C. The normalized spacial score (nSPS) is 21.1. The molecule has 128 valence electrons. The summed E-state index contributed by atoms with van der Waals surface area (Å²) in [6, 6.07) is 7.70. The molecule has 0 saturated carbocycles. The van der Waals surface area contributed by atoms with E-state index in [1.807, 2.05) is 43.3 Å². The second-order valence-electron chi connectivity index (χ2n) is 6.61. The molecule has 5 heteroatoms. The molecule has 0 aromatic heterocycles. The predicted molar refractivity (Wildman–Crippen MR) is 94.0 cm³/mol. The minimum absolute atomic E-state index is 0.395. The van der Waals surface area contributed by atoms with Crippen molar-refractivity contribution in [2.75, 3.05) is 45.2 Å². The van der Waals surface area contributed by atoms with E-state index in [2.05, 4.69) is 23.6 Å². The number of carboxylic acids is 1. The van der Waals surface area contributed by atoms with E-state index >= 15 is 0 Å². The van der Waals surface area contributed by atoms with Gasteiger partial charge in [0.05, 0.1) is 0 Å². The van der Waals surface area contributed by atoms with Crippen LogP contribution >= 0.6 is 0 Å². The first-order valence-corrected chi connectivity index (χ1v) is 8.42. The van der Waals surface area contributed by atoms with Gasteiger partial charge in [0.15, 0.2) is 0 Å². The Morgan fingerprint density at radius 2 is 1.96 bits per heavy atom. The largest absolute Gasteiger partial charge is 0.480 e. The summed E-state index contributed by atoms with van der Waals surface area (Å²) in [4.78, 5) is 18.4. The van der Waals surface area contributed by atoms with Crippen LogP contribution in [0.15, 0.2) is 24.3 Å². The molecule has 1 aromatic rings. The molecule has 1 saturated heterocycles. The maximum atomic E-state index is 11.9. The highest BCUT2D eigenvalue weighted by molar-refractivity contribution is 5.76. The predicted octanol–water partition coefficient (Wildman–Crippen LogP) is 2.29. The number of aliphatic carboxylic acids is 1. The summed E-state index contributed by atoms with van der Waals surface area (Å²) in [5.41, 5.74) is 1.94. The Bertz CT molecular complexity index is 516. The van der Waals surface area contributed by atoms with Crippen LogP contribution in [0.5, 0.6) is 0 Å². The van der Waals surface area contributed by atoms with Crippen LogP contribution in [-0.4, -0.2) is 67.2 Å². The second kappa shape index (κ2) is 7.79. The zero-order chi connectivity index (χ0) is 17.0. The third kappa shape index (κ3) is 4.24. The number of rotatable bonds is 6. The number of anilines is 1. The first kappa shape index (κ1) is 17.8. The number of benzene rings is 1. The van der Waals surface area contributed by atoms with E-state index in [9.17, 15) is 9.90 Å². The maximum Gasteiger partial charge on any atom is 0.325 e. The summed E-state index contributed by atoms with van der Waals surface area (Å²) in [5, 5.41) is 9.75. The van der Waals surface area contributed by atoms with Crippen LogP contribution in [-0.2, 0) is 4.79 Å². The zero-order valence-corrected chi connectivity index (χ0v) is 14.7. The van der Waals surface area contributed by atoms with E-state index in [1.165, 1.54) is 0 Å². The highest BCUT2D eigenvalue weighted by Gasteiger charge is 2.32. The van der Waals surface area contributed by atoms with Crippen molar-refractivity contribution in [3.05, 3.63) is 29.8 Å². The van der Waals surface area contributed by atoms with E-state index in [4.69, 9.17) is 0 Å². The molecule has 1 aliphatic rings. The molecule has 1 N–H and O–H groups in total. The van der Waals surface area contributed by atoms with Gasteiger partial charge in [-0.3, -0.25) is 14.6 Å². The van der Waals surface area contributed by atoms with Gasteiger partial charge in [0.25, 0.3) is 0 Å². The highest BCUT2D eigenvalue weighted by atomic mass is 16.4. The highest BCUT2D eigenvalue weighted by Crippen LogP contribution is 2.26. The van der Waals surface area contributed by atoms with Gasteiger partial charge in [-0.2, -0.15) is 0 Å². The summed E-state index contributed by atoms with van der Waals surface area (Å²) in [5.74, 6) is -0.765. The molecule has 2 rings (SSSR count). The van der Waals surface area contributed by atoms with Crippen molar-refractivity contribution in [2.24, 2.45) is 0 Å². The Labute approximate surface area is 139 Å². The summed E-state index contributed by atoms with van der Waals surface area (Å²) >= 11 is 0. The van der Waals surface area contributed by atoms with Gasteiger partial charge in [-0.25, -0.2) is 0 Å². The van der Waals surface area contributed by atoms with Gasteiger partial charge < -0.3 is 10.0 Å². The van der Waals surface area contributed by atoms with Gasteiger partial charge in [0.2, 0.25) is 0 Å². The Hall–Kier alpha value is -1.59. The average Bonchev–Trinajstić information content (AvgIpc) is 2.50. The van der Waals surface area contributed by atoms with Gasteiger partial charge in [-0.15, -0.1) is 0 Å². The molecule has 1 fully saturated rings. The molecular formula is C18H29N3O2. The molecule has 2 atom stereocenters. The van der Waals surface area contributed by atoms with Crippen LogP contribution in [0.4, 0.5) is 5.69 Å².